The smallest absolute Gasteiger partial charge is 0.270 e. The molecule has 35 heavy (non-hydrogen) atoms. The van der Waals surface area contributed by atoms with Crippen molar-refractivity contribution in [1.82, 2.24) is 20.9 Å². The number of carbonyl (C=O) groups excluding carboxylic acids is 5. The lowest BCUT2D eigenvalue weighted by Gasteiger charge is -2.24. The van der Waals surface area contributed by atoms with Gasteiger partial charge in [-0.2, -0.15) is 0 Å². The van der Waals surface area contributed by atoms with Crippen LogP contribution in [0.2, 0.25) is 0 Å². The molecule has 4 atom stereocenters. The van der Waals surface area contributed by atoms with Crippen molar-refractivity contribution in [2.45, 2.75) is 45.7 Å². The predicted octanol–water partition coefficient (Wildman–Crippen LogP) is 1.95. The summed E-state index contributed by atoms with van der Waals surface area (Å²) in [6, 6.07) is 12.4. The highest BCUT2D eigenvalue weighted by atomic mass is 16.2. The van der Waals surface area contributed by atoms with Crippen LogP contribution in [0.15, 0.2) is 54.7 Å². The number of imide groups is 1. The van der Waals surface area contributed by atoms with Gasteiger partial charge in [0.1, 0.15) is 11.6 Å². The van der Waals surface area contributed by atoms with Crippen LogP contribution in [0.1, 0.15) is 55.7 Å². The molecule has 3 rings (SSSR count). The fourth-order valence-corrected chi connectivity index (χ4v) is 4.11. The number of Topliss-reactive ketones (excluding diaryl/α,β-unsaturated/α-hetero) is 1. The first-order valence-electron chi connectivity index (χ1n) is 11.6. The third-order valence-electron chi connectivity index (χ3n) is 5.93. The predicted molar refractivity (Wildman–Crippen MR) is 128 cm³/mol. The van der Waals surface area contributed by atoms with Crippen molar-refractivity contribution in [3.63, 3.8) is 0 Å². The van der Waals surface area contributed by atoms with Gasteiger partial charge in [-0.3, -0.25) is 34.3 Å². The van der Waals surface area contributed by atoms with E-state index < -0.39 is 53.3 Å². The van der Waals surface area contributed by atoms with Gasteiger partial charge in [0.2, 0.25) is 17.7 Å². The van der Waals surface area contributed by atoms with E-state index in [-0.39, 0.29) is 18.0 Å². The lowest BCUT2D eigenvalue weighted by molar-refractivity contribution is -0.136. The zero-order chi connectivity index (χ0) is 25.5. The Balaban J connectivity index is 1.76. The first kappa shape index (κ1) is 25.7. The number of benzene rings is 1. The standard InChI is InChI=1S/C26H30N4O5/c1-15(2)13-20(23(32)22-16(3)24(33)30-26(22)35)28-21(31)14-19(17-9-5-4-6-10-17)29-25(34)18-11-7-8-12-27-18/h4-12,15-16,19-20,22H,13-14H2,1-3H3,(H,28,31)(H,29,34)(H,30,33,35)/t16-,19-,20?,22+/m0/s1. The average molecular weight is 479 g/mol. The molecule has 1 aliphatic rings. The van der Waals surface area contributed by atoms with Crippen LogP contribution in [0.5, 0.6) is 0 Å². The molecule has 1 aromatic carbocycles. The van der Waals surface area contributed by atoms with Crippen LogP contribution >= 0.6 is 0 Å². The zero-order valence-electron chi connectivity index (χ0n) is 20.0. The van der Waals surface area contributed by atoms with E-state index in [9.17, 15) is 24.0 Å². The number of pyridine rings is 1. The number of amides is 4. The van der Waals surface area contributed by atoms with E-state index in [1.54, 1.807) is 42.5 Å². The van der Waals surface area contributed by atoms with Crippen molar-refractivity contribution in [2.75, 3.05) is 0 Å². The fraction of sp³-hybridized carbons (Fsp3) is 0.385. The number of aromatic nitrogens is 1. The number of nitrogens with zero attached hydrogens (tertiary/aromatic N) is 1. The van der Waals surface area contributed by atoms with Gasteiger partial charge in [0, 0.05) is 6.20 Å². The average Bonchev–Trinajstić information content (AvgIpc) is 3.09. The third-order valence-corrected chi connectivity index (χ3v) is 5.93. The van der Waals surface area contributed by atoms with Crippen LogP contribution in [-0.2, 0) is 19.2 Å². The maximum absolute atomic E-state index is 13.2. The minimum absolute atomic E-state index is 0.0495. The third kappa shape index (κ3) is 6.59. The maximum Gasteiger partial charge on any atom is 0.270 e. The molecule has 1 unspecified atom stereocenters. The molecule has 1 fully saturated rings. The molecule has 0 aliphatic carbocycles. The topological polar surface area (TPSA) is 134 Å². The van der Waals surface area contributed by atoms with Gasteiger partial charge in [0.15, 0.2) is 5.78 Å². The van der Waals surface area contributed by atoms with E-state index in [1.165, 1.54) is 13.1 Å². The number of ketones is 1. The Morgan fingerprint density at radius 2 is 1.66 bits per heavy atom. The molecule has 3 N–H and O–H groups in total. The molecule has 4 amide bonds. The fourth-order valence-electron chi connectivity index (χ4n) is 4.11. The summed E-state index contributed by atoms with van der Waals surface area (Å²) in [6.07, 6.45) is 1.69. The van der Waals surface area contributed by atoms with Crippen molar-refractivity contribution < 1.29 is 24.0 Å². The summed E-state index contributed by atoms with van der Waals surface area (Å²) in [7, 11) is 0. The van der Waals surface area contributed by atoms with Gasteiger partial charge >= 0.3 is 0 Å². The lowest BCUT2D eigenvalue weighted by atomic mass is 9.86. The van der Waals surface area contributed by atoms with Gasteiger partial charge in [-0.15, -0.1) is 0 Å². The second-order valence-electron chi connectivity index (χ2n) is 9.13. The van der Waals surface area contributed by atoms with E-state index in [0.717, 1.165) is 0 Å². The normalized spacial score (nSPS) is 19.1. The Hall–Kier alpha value is -3.88. The monoisotopic (exact) mass is 478 g/mol. The first-order valence-corrected chi connectivity index (χ1v) is 11.6. The summed E-state index contributed by atoms with van der Waals surface area (Å²) in [4.78, 5) is 67.1. The summed E-state index contributed by atoms with van der Waals surface area (Å²) >= 11 is 0. The van der Waals surface area contributed by atoms with Crippen LogP contribution in [0.25, 0.3) is 0 Å². The molecule has 2 aromatic rings. The number of nitrogens with one attached hydrogen (secondary N) is 3. The minimum atomic E-state index is -1.14. The van der Waals surface area contributed by atoms with Gasteiger partial charge in [-0.1, -0.05) is 57.2 Å². The van der Waals surface area contributed by atoms with Gasteiger partial charge in [-0.25, -0.2) is 0 Å². The largest absolute Gasteiger partial charge is 0.346 e. The number of hydrogen-bond donors (Lipinski definition) is 3. The molecule has 9 nitrogen and oxygen atoms in total. The lowest BCUT2D eigenvalue weighted by Crippen LogP contribution is -2.47. The molecule has 0 saturated carbocycles. The van der Waals surface area contributed by atoms with Crippen molar-refractivity contribution in [1.29, 1.82) is 0 Å². The molecule has 184 valence electrons. The summed E-state index contributed by atoms with van der Waals surface area (Å²) in [6.45, 7) is 5.32. The SMILES string of the molecule is CC(C)CC(NC(=O)C[C@H](NC(=O)c1ccccn1)c1ccccc1)C(=O)[C@@H]1C(=O)NC(=O)[C@H]1C. The van der Waals surface area contributed by atoms with Gasteiger partial charge in [-0.05, 0) is 30.0 Å². The van der Waals surface area contributed by atoms with Crippen molar-refractivity contribution in [3.05, 3.63) is 66.0 Å². The molecule has 1 aromatic heterocycles. The number of rotatable bonds is 10. The molecule has 2 heterocycles. The summed E-state index contributed by atoms with van der Waals surface area (Å²) in [5.41, 5.74) is 0.931. The molecule has 0 radical (unpaired) electrons. The summed E-state index contributed by atoms with van der Waals surface area (Å²) < 4.78 is 0. The van der Waals surface area contributed by atoms with Crippen LogP contribution in [0, 0.1) is 17.8 Å². The molecular weight excluding hydrogens is 448 g/mol. The quantitative estimate of drug-likeness (QED) is 0.353. The molecule has 9 heteroatoms. The Labute approximate surface area is 204 Å². The van der Waals surface area contributed by atoms with Crippen LogP contribution in [0.3, 0.4) is 0 Å². The van der Waals surface area contributed by atoms with E-state index >= 15 is 0 Å². The van der Waals surface area contributed by atoms with Crippen LogP contribution in [0.4, 0.5) is 0 Å². The summed E-state index contributed by atoms with van der Waals surface area (Å²) in [5, 5.41) is 7.78. The Morgan fingerprint density at radius 1 is 0.971 bits per heavy atom. The Bertz CT molecular complexity index is 1090. The highest BCUT2D eigenvalue weighted by Crippen LogP contribution is 2.24. The van der Waals surface area contributed by atoms with Gasteiger partial charge in [0.05, 0.1) is 24.4 Å². The first-order chi connectivity index (χ1) is 16.7. The Morgan fingerprint density at radius 3 is 2.23 bits per heavy atom. The molecule has 1 aliphatic heterocycles. The molecule has 0 bridgehead atoms. The highest BCUT2D eigenvalue weighted by Gasteiger charge is 2.45. The van der Waals surface area contributed by atoms with E-state index in [1.807, 2.05) is 19.9 Å². The van der Waals surface area contributed by atoms with E-state index in [0.29, 0.717) is 12.0 Å². The maximum atomic E-state index is 13.2. The minimum Gasteiger partial charge on any atom is -0.346 e. The second kappa shape index (κ2) is 11.5. The molecular formula is C26H30N4O5. The highest BCUT2D eigenvalue weighted by molar-refractivity contribution is 6.16. The van der Waals surface area contributed by atoms with Gasteiger partial charge in [0.25, 0.3) is 5.91 Å². The van der Waals surface area contributed by atoms with Gasteiger partial charge < -0.3 is 10.6 Å². The molecule has 0 spiro atoms. The van der Waals surface area contributed by atoms with Crippen molar-refractivity contribution in [2.24, 2.45) is 17.8 Å². The second-order valence-corrected chi connectivity index (χ2v) is 9.13. The van der Waals surface area contributed by atoms with Crippen molar-refractivity contribution >= 4 is 29.4 Å². The summed E-state index contributed by atoms with van der Waals surface area (Å²) in [5.74, 6) is -4.40. The van der Waals surface area contributed by atoms with Crippen LogP contribution in [-0.4, -0.2) is 40.4 Å². The molecule has 1 saturated heterocycles. The number of hydrogen-bond acceptors (Lipinski definition) is 6. The van der Waals surface area contributed by atoms with Crippen molar-refractivity contribution in [3.8, 4) is 0 Å². The van der Waals surface area contributed by atoms with E-state index in [4.69, 9.17) is 0 Å². The number of carbonyl (C=O) groups is 5. The zero-order valence-corrected chi connectivity index (χ0v) is 20.0. The Kier molecular flexibility index (Phi) is 8.46. The van der Waals surface area contributed by atoms with Crippen LogP contribution < -0.4 is 16.0 Å². The van der Waals surface area contributed by atoms with E-state index in [2.05, 4.69) is 20.9 Å².